The standard InChI is InChI=1S/C21H33N5O2S/c1-5-22-20(23-12-6-15-26-16-7-13-25-26)24-14-17-29(27,28)19-10-8-18(9-11-19)21(2,3)4/h7-11,13,16H,5-6,12,14-15,17H2,1-4H3,(H2,22,23,24). The molecular formula is C21H33N5O2S. The van der Waals surface area contributed by atoms with E-state index in [1.807, 2.05) is 36.0 Å². The predicted molar refractivity (Wildman–Crippen MR) is 118 cm³/mol. The molecule has 7 nitrogen and oxygen atoms in total. The third-order valence-electron chi connectivity index (χ3n) is 4.46. The molecule has 2 N–H and O–H groups in total. The molecule has 8 heteroatoms. The number of aliphatic imine (C=N–C) groups is 1. The van der Waals surface area contributed by atoms with Crippen molar-refractivity contribution in [2.75, 3.05) is 25.4 Å². The third-order valence-corrected chi connectivity index (χ3v) is 6.19. The zero-order chi connectivity index (χ0) is 21.3. The van der Waals surface area contributed by atoms with Gasteiger partial charge in [-0.1, -0.05) is 32.9 Å². The van der Waals surface area contributed by atoms with Crippen molar-refractivity contribution < 1.29 is 8.42 Å². The van der Waals surface area contributed by atoms with E-state index in [1.54, 1.807) is 18.3 Å². The van der Waals surface area contributed by atoms with Crippen molar-refractivity contribution in [2.45, 2.75) is 51.0 Å². The highest BCUT2D eigenvalue weighted by molar-refractivity contribution is 7.91. The Bertz CT molecular complexity index is 867. The fourth-order valence-corrected chi connectivity index (χ4v) is 3.94. The molecule has 0 radical (unpaired) electrons. The Kier molecular flexibility index (Phi) is 8.25. The highest BCUT2D eigenvalue weighted by Gasteiger charge is 2.17. The van der Waals surface area contributed by atoms with Crippen molar-refractivity contribution in [3.63, 3.8) is 0 Å². The summed E-state index contributed by atoms with van der Waals surface area (Å²) in [6, 6.07) is 9.08. The number of rotatable bonds is 9. The second-order valence-corrected chi connectivity index (χ2v) is 10.0. The maximum absolute atomic E-state index is 12.6. The first kappa shape index (κ1) is 22.9. The fourth-order valence-electron chi connectivity index (χ4n) is 2.78. The highest BCUT2D eigenvalue weighted by atomic mass is 32.2. The number of hydrogen-bond donors (Lipinski definition) is 2. The molecule has 0 saturated carbocycles. The van der Waals surface area contributed by atoms with Crippen molar-refractivity contribution in [1.29, 1.82) is 0 Å². The molecule has 0 unspecified atom stereocenters. The molecule has 0 atom stereocenters. The number of hydrogen-bond acceptors (Lipinski definition) is 4. The summed E-state index contributed by atoms with van der Waals surface area (Å²) in [5.41, 5.74) is 1.12. The molecule has 0 saturated heterocycles. The van der Waals surface area contributed by atoms with Crippen molar-refractivity contribution in [2.24, 2.45) is 4.99 Å². The van der Waals surface area contributed by atoms with Gasteiger partial charge in [0.15, 0.2) is 15.8 Å². The van der Waals surface area contributed by atoms with Crippen LogP contribution in [0.2, 0.25) is 0 Å². The van der Waals surface area contributed by atoms with Gasteiger partial charge in [-0.25, -0.2) is 8.42 Å². The molecule has 0 spiro atoms. The molecule has 1 aromatic carbocycles. The zero-order valence-corrected chi connectivity index (χ0v) is 18.7. The summed E-state index contributed by atoms with van der Waals surface area (Å²) in [5.74, 6) is 0.644. The van der Waals surface area contributed by atoms with Gasteiger partial charge in [0, 0.05) is 38.6 Å². The van der Waals surface area contributed by atoms with E-state index in [0.717, 1.165) is 18.5 Å². The lowest BCUT2D eigenvalue weighted by molar-refractivity contribution is 0.583. The second-order valence-electron chi connectivity index (χ2n) is 7.90. The van der Waals surface area contributed by atoms with E-state index >= 15 is 0 Å². The Hall–Kier alpha value is -2.35. The first-order chi connectivity index (χ1) is 13.7. The molecule has 0 fully saturated rings. The van der Waals surface area contributed by atoms with Gasteiger partial charge < -0.3 is 10.6 Å². The summed E-state index contributed by atoms with van der Waals surface area (Å²) >= 11 is 0. The highest BCUT2D eigenvalue weighted by Crippen LogP contribution is 2.23. The lowest BCUT2D eigenvalue weighted by atomic mass is 9.87. The minimum Gasteiger partial charge on any atom is -0.357 e. The predicted octanol–water partition coefficient (Wildman–Crippen LogP) is 2.60. The molecular weight excluding hydrogens is 386 g/mol. The van der Waals surface area contributed by atoms with Crippen LogP contribution in [-0.4, -0.2) is 49.5 Å². The van der Waals surface area contributed by atoms with Crippen LogP contribution in [0.4, 0.5) is 0 Å². The van der Waals surface area contributed by atoms with Crippen LogP contribution in [0.3, 0.4) is 0 Å². The van der Waals surface area contributed by atoms with Crippen LogP contribution in [0.5, 0.6) is 0 Å². The van der Waals surface area contributed by atoms with Gasteiger partial charge in [-0.15, -0.1) is 0 Å². The van der Waals surface area contributed by atoms with E-state index in [2.05, 4.69) is 41.5 Å². The van der Waals surface area contributed by atoms with Crippen molar-refractivity contribution >= 4 is 15.8 Å². The number of benzene rings is 1. The normalized spacial score (nSPS) is 12.8. The summed E-state index contributed by atoms with van der Waals surface area (Å²) in [6.45, 7) is 10.8. The molecule has 0 amide bonds. The molecule has 0 bridgehead atoms. The monoisotopic (exact) mass is 419 g/mol. The average Bonchev–Trinajstić information content (AvgIpc) is 3.18. The molecule has 0 aliphatic carbocycles. The molecule has 160 valence electrons. The molecule has 0 aliphatic heterocycles. The van der Waals surface area contributed by atoms with Gasteiger partial charge in [-0.3, -0.25) is 9.67 Å². The quantitative estimate of drug-likeness (QED) is 0.371. The number of aryl methyl sites for hydroxylation is 1. The topological polar surface area (TPSA) is 88.4 Å². The number of nitrogens with zero attached hydrogens (tertiary/aromatic N) is 3. The van der Waals surface area contributed by atoms with Gasteiger partial charge in [0.25, 0.3) is 0 Å². The molecule has 0 aliphatic rings. The Balaban J connectivity index is 1.86. The molecule has 2 aromatic rings. The Labute approximate surface area is 174 Å². The average molecular weight is 420 g/mol. The van der Waals surface area contributed by atoms with Gasteiger partial charge in [-0.05, 0) is 42.5 Å². The Morgan fingerprint density at radius 1 is 1.17 bits per heavy atom. The van der Waals surface area contributed by atoms with E-state index in [9.17, 15) is 8.42 Å². The summed E-state index contributed by atoms with van der Waals surface area (Å²) < 4.78 is 27.1. The Morgan fingerprint density at radius 2 is 1.90 bits per heavy atom. The van der Waals surface area contributed by atoms with Crippen LogP contribution in [0.1, 0.15) is 39.7 Å². The van der Waals surface area contributed by atoms with E-state index in [-0.39, 0.29) is 11.2 Å². The summed E-state index contributed by atoms with van der Waals surface area (Å²) in [4.78, 5) is 4.86. The van der Waals surface area contributed by atoms with Crippen LogP contribution < -0.4 is 10.6 Å². The largest absolute Gasteiger partial charge is 0.357 e. The maximum atomic E-state index is 12.6. The van der Waals surface area contributed by atoms with Gasteiger partial charge in [0.05, 0.1) is 10.6 Å². The number of sulfone groups is 1. The first-order valence-corrected chi connectivity index (χ1v) is 11.7. The van der Waals surface area contributed by atoms with Gasteiger partial charge in [0.1, 0.15) is 0 Å². The summed E-state index contributed by atoms with van der Waals surface area (Å²) in [6.07, 6.45) is 4.54. The minimum atomic E-state index is -3.34. The molecule has 29 heavy (non-hydrogen) atoms. The molecule has 1 aromatic heterocycles. The SMILES string of the molecule is CCNC(=NCCCn1cccn1)NCCS(=O)(=O)c1ccc(C(C)(C)C)cc1. The summed E-state index contributed by atoms with van der Waals surface area (Å²) in [5, 5.41) is 10.4. The van der Waals surface area contributed by atoms with Gasteiger partial charge in [0.2, 0.25) is 0 Å². The number of aromatic nitrogens is 2. The molecule has 2 rings (SSSR count). The minimum absolute atomic E-state index is 0.00154. The lowest BCUT2D eigenvalue weighted by Crippen LogP contribution is -2.39. The van der Waals surface area contributed by atoms with Crippen LogP contribution in [-0.2, 0) is 21.8 Å². The van der Waals surface area contributed by atoms with Crippen molar-refractivity contribution in [1.82, 2.24) is 20.4 Å². The fraction of sp³-hybridized carbons (Fsp3) is 0.524. The van der Waals surface area contributed by atoms with E-state index in [4.69, 9.17) is 0 Å². The number of guanidine groups is 1. The zero-order valence-electron chi connectivity index (χ0n) is 17.9. The van der Waals surface area contributed by atoms with Gasteiger partial charge in [-0.2, -0.15) is 5.10 Å². The number of nitrogens with one attached hydrogen (secondary N) is 2. The summed E-state index contributed by atoms with van der Waals surface area (Å²) in [7, 11) is -3.34. The van der Waals surface area contributed by atoms with Crippen molar-refractivity contribution in [3.8, 4) is 0 Å². The third kappa shape index (κ3) is 7.53. The van der Waals surface area contributed by atoms with E-state index in [0.29, 0.717) is 30.5 Å². The first-order valence-electron chi connectivity index (χ1n) is 10.1. The van der Waals surface area contributed by atoms with Crippen molar-refractivity contribution in [3.05, 3.63) is 48.3 Å². The van der Waals surface area contributed by atoms with Crippen LogP contribution in [0.25, 0.3) is 0 Å². The lowest BCUT2D eigenvalue weighted by Gasteiger charge is -2.19. The van der Waals surface area contributed by atoms with Crippen LogP contribution >= 0.6 is 0 Å². The van der Waals surface area contributed by atoms with E-state index < -0.39 is 9.84 Å². The van der Waals surface area contributed by atoms with E-state index in [1.165, 1.54) is 0 Å². The molecule has 1 heterocycles. The van der Waals surface area contributed by atoms with Crippen LogP contribution in [0.15, 0.2) is 52.6 Å². The second kappa shape index (κ2) is 10.4. The smallest absolute Gasteiger partial charge is 0.191 e. The Morgan fingerprint density at radius 3 is 2.48 bits per heavy atom. The maximum Gasteiger partial charge on any atom is 0.191 e. The van der Waals surface area contributed by atoms with Crippen LogP contribution in [0, 0.1) is 0 Å². The van der Waals surface area contributed by atoms with Gasteiger partial charge >= 0.3 is 0 Å².